The molecule has 5 nitrogen and oxygen atoms in total. The second-order valence-corrected chi connectivity index (χ2v) is 7.64. The molecule has 0 spiro atoms. The van der Waals surface area contributed by atoms with Crippen LogP contribution in [0.25, 0.3) is 6.08 Å². The van der Waals surface area contributed by atoms with Gasteiger partial charge in [-0.2, -0.15) is 0 Å². The molecule has 0 saturated heterocycles. The number of hydrogen-bond donors (Lipinski definition) is 0. The SMILES string of the molecule is C[N+](C)(CC#CCOC/C=C/c1ccccc1)CCCS(=O)(=O)[O-]. The highest BCUT2D eigenvalue weighted by Crippen LogP contribution is 2.01. The van der Waals surface area contributed by atoms with Crippen LogP contribution in [0.15, 0.2) is 36.4 Å². The predicted octanol–water partition coefficient (Wildman–Crippen LogP) is 1.73. The number of nitrogens with zero attached hydrogens (tertiary/aromatic N) is 1. The van der Waals surface area contributed by atoms with Gasteiger partial charge in [-0.1, -0.05) is 48.4 Å². The molecule has 0 N–H and O–H groups in total. The fourth-order valence-electron chi connectivity index (χ4n) is 2.00. The van der Waals surface area contributed by atoms with E-state index in [0.717, 1.165) is 5.56 Å². The van der Waals surface area contributed by atoms with E-state index in [4.69, 9.17) is 4.74 Å². The maximum Gasteiger partial charge on any atom is 0.140 e. The Bertz CT molecular complexity index is 670. The molecular formula is C18H25NO4S. The third-order valence-corrected chi connectivity index (χ3v) is 4.08. The van der Waals surface area contributed by atoms with Gasteiger partial charge in [-0.05, 0) is 11.5 Å². The average molecular weight is 351 g/mol. The van der Waals surface area contributed by atoms with Crippen LogP contribution in [0.3, 0.4) is 0 Å². The molecule has 0 unspecified atom stereocenters. The van der Waals surface area contributed by atoms with Crippen LogP contribution in [0.5, 0.6) is 0 Å². The van der Waals surface area contributed by atoms with Crippen LogP contribution in [0.4, 0.5) is 0 Å². The summed E-state index contributed by atoms with van der Waals surface area (Å²) in [5, 5.41) is 0. The summed E-state index contributed by atoms with van der Waals surface area (Å²) in [4.78, 5) is 0. The lowest BCUT2D eigenvalue weighted by Gasteiger charge is -2.27. The summed E-state index contributed by atoms with van der Waals surface area (Å²) in [6.45, 7) is 2.04. The van der Waals surface area contributed by atoms with Gasteiger partial charge in [0.05, 0.1) is 37.4 Å². The Labute approximate surface area is 145 Å². The van der Waals surface area contributed by atoms with Gasteiger partial charge in [0.2, 0.25) is 0 Å². The summed E-state index contributed by atoms with van der Waals surface area (Å²) in [6.07, 6.45) is 4.29. The molecule has 0 bridgehead atoms. The molecule has 0 atom stereocenters. The summed E-state index contributed by atoms with van der Waals surface area (Å²) in [5.41, 5.74) is 1.13. The van der Waals surface area contributed by atoms with E-state index in [-0.39, 0.29) is 5.75 Å². The van der Waals surface area contributed by atoms with Crippen molar-refractivity contribution in [2.45, 2.75) is 6.42 Å². The van der Waals surface area contributed by atoms with Crippen LogP contribution in [-0.2, 0) is 14.9 Å². The Morgan fingerprint density at radius 1 is 1.21 bits per heavy atom. The van der Waals surface area contributed by atoms with E-state index in [1.807, 2.05) is 56.6 Å². The molecule has 0 saturated carbocycles. The fraction of sp³-hybridized carbons (Fsp3) is 0.444. The first-order chi connectivity index (χ1) is 11.3. The van der Waals surface area contributed by atoms with Crippen molar-refractivity contribution in [3.05, 3.63) is 42.0 Å². The molecule has 0 heterocycles. The van der Waals surface area contributed by atoms with Crippen molar-refractivity contribution < 1.29 is 22.2 Å². The summed E-state index contributed by atoms with van der Waals surface area (Å²) in [7, 11) is -0.219. The van der Waals surface area contributed by atoms with Crippen molar-refractivity contribution in [1.29, 1.82) is 0 Å². The van der Waals surface area contributed by atoms with E-state index < -0.39 is 10.1 Å². The van der Waals surface area contributed by atoms with Crippen molar-refractivity contribution in [1.82, 2.24) is 0 Å². The van der Waals surface area contributed by atoms with Gasteiger partial charge in [0.15, 0.2) is 0 Å². The number of rotatable bonds is 9. The predicted molar refractivity (Wildman–Crippen MR) is 95.1 cm³/mol. The van der Waals surface area contributed by atoms with Gasteiger partial charge < -0.3 is 13.8 Å². The molecule has 0 aliphatic carbocycles. The summed E-state index contributed by atoms with van der Waals surface area (Å²) in [5.74, 6) is 5.65. The molecule has 0 aromatic heterocycles. The molecule has 0 aliphatic heterocycles. The minimum absolute atomic E-state index is 0.320. The number of benzene rings is 1. The Morgan fingerprint density at radius 2 is 1.92 bits per heavy atom. The monoisotopic (exact) mass is 351 g/mol. The van der Waals surface area contributed by atoms with E-state index in [9.17, 15) is 13.0 Å². The van der Waals surface area contributed by atoms with Crippen molar-refractivity contribution >= 4 is 16.2 Å². The summed E-state index contributed by atoms with van der Waals surface area (Å²) in [6, 6.07) is 9.99. The van der Waals surface area contributed by atoms with E-state index >= 15 is 0 Å². The molecule has 0 radical (unpaired) electrons. The minimum Gasteiger partial charge on any atom is -0.748 e. The first-order valence-electron chi connectivity index (χ1n) is 7.79. The molecule has 24 heavy (non-hydrogen) atoms. The van der Waals surface area contributed by atoms with Crippen molar-refractivity contribution in [2.24, 2.45) is 0 Å². The molecule has 0 fully saturated rings. The topological polar surface area (TPSA) is 66.4 Å². The maximum absolute atomic E-state index is 10.6. The first-order valence-corrected chi connectivity index (χ1v) is 9.37. The highest BCUT2D eigenvalue weighted by Gasteiger charge is 2.13. The summed E-state index contributed by atoms with van der Waals surface area (Å²) >= 11 is 0. The molecule has 1 rings (SSSR count). The molecule has 1 aromatic carbocycles. The van der Waals surface area contributed by atoms with Gasteiger partial charge in [-0.15, -0.1) is 0 Å². The van der Waals surface area contributed by atoms with Crippen LogP contribution >= 0.6 is 0 Å². The zero-order valence-electron chi connectivity index (χ0n) is 14.3. The lowest BCUT2D eigenvalue weighted by atomic mass is 10.2. The lowest BCUT2D eigenvalue weighted by Crippen LogP contribution is -2.41. The van der Waals surface area contributed by atoms with Crippen LogP contribution < -0.4 is 0 Å². The second kappa shape index (κ2) is 10.3. The van der Waals surface area contributed by atoms with E-state index in [2.05, 4.69) is 11.8 Å². The van der Waals surface area contributed by atoms with Gasteiger partial charge in [0.25, 0.3) is 0 Å². The fourth-order valence-corrected chi connectivity index (χ4v) is 2.48. The molecule has 6 heteroatoms. The highest BCUT2D eigenvalue weighted by atomic mass is 32.2. The average Bonchev–Trinajstić information content (AvgIpc) is 2.49. The Morgan fingerprint density at radius 3 is 2.58 bits per heavy atom. The lowest BCUT2D eigenvalue weighted by molar-refractivity contribution is -0.883. The van der Waals surface area contributed by atoms with E-state index in [1.165, 1.54) is 0 Å². The maximum atomic E-state index is 10.6. The first kappa shape index (κ1) is 20.4. The third-order valence-electron chi connectivity index (χ3n) is 3.29. The minimum atomic E-state index is -4.13. The molecule has 0 aliphatic rings. The molecule has 132 valence electrons. The van der Waals surface area contributed by atoms with Gasteiger partial charge in [-0.3, -0.25) is 0 Å². The van der Waals surface area contributed by atoms with E-state index in [1.54, 1.807) is 0 Å². The van der Waals surface area contributed by atoms with Gasteiger partial charge in [0.1, 0.15) is 13.2 Å². The highest BCUT2D eigenvalue weighted by molar-refractivity contribution is 7.85. The Kier molecular flexibility index (Phi) is 8.72. The largest absolute Gasteiger partial charge is 0.748 e. The Balaban J connectivity index is 2.18. The number of ether oxygens (including phenoxy) is 1. The van der Waals surface area contributed by atoms with Gasteiger partial charge in [-0.25, -0.2) is 8.42 Å². The quantitative estimate of drug-likeness (QED) is 0.294. The number of hydrogen-bond acceptors (Lipinski definition) is 4. The normalized spacial score (nSPS) is 12.1. The second-order valence-electron chi connectivity index (χ2n) is 6.11. The van der Waals surface area contributed by atoms with Crippen LogP contribution in [0.2, 0.25) is 0 Å². The standard InChI is InChI=1S/C18H25NO4S/c1-19(2,14-9-17-24(20,21)22)13-6-7-15-23-16-8-12-18-10-4-3-5-11-18/h3-5,8,10-12H,9,13-17H2,1-2H3/b12-8+. The molecular weight excluding hydrogens is 326 g/mol. The molecule has 0 amide bonds. The van der Waals surface area contributed by atoms with Crippen LogP contribution in [0.1, 0.15) is 12.0 Å². The van der Waals surface area contributed by atoms with Crippen LogP contribution in [-0.4, -0.2) is 63.6 Å². The van der Waals surface area contributed by atoms with Crippen molar-refractivity contribution in [3.8, 4) is 11.8 Å². The van der Waals surface area contributed by atoms with Gasteiger partial charge in [0, 0.05) is 12.2 Å². The smallest absolute Gasteiger partial charge is 0.140 e. The Hall–Kier alpha value is -1.65. The molecule has 1 aromatic rings. The van der Waals surface area contributed by atoms with Crippen molar-refractivity contribution in [3.63, 3.8) is 0 Å². The van der Waals surface area contributed by atoms with Crippen LogP contribution in [0, 0.1) is 11.8 Å². The van der Waals surface area contributed by atoms with Gasteiger partial charge >= 0.3 is 0 Å². The van der Waals surface area contributed by atoms with Crippen molar-refractivity contribution in [2.75, 3.05) is 46.2 Å². The summed E-state index contributed by atoms with van der Waals surface area (Å²) < 4.78 is 37.7. The third kappa shape index (κ3) is 11.0. The number of quaternary nitrogens is 1. The zero-order valence-corrected chi connectivity index (χ0v) is 15.1. The zero-order chi connectivity index (χ0) is 17.9. The van der Waals surface area contributed by atoms with E-state index in [0.29, 0.717) is 37.2 Å².